The summed E-state index contributed by atoms with van der Waals surface area (Å²) in [5.41, 5.74) is 0.699. The smallest absolute Gasteiger partial charge is 0.496 e. The second-order valence-corrected chi connectivity index (χ2v) is 8.19. The van der Waals surface area contributed by atoms with Crippen LogP contribution in [0.3, 0.4) is 0 Å². The predicted molar refractivity (Wildman–Crippen MR) is 120 cm³/mol. The van der Waals surface area contributed by atoms with E-state index in [1.165, 1.54) is 43.5 Å². The average molecular weight is 481 g/mol. The van der Waals surface area contributed by atoms with Gasteiger partial charge in [0.2, 0.25) is 0 Å². The number of carbonyl (C=O) groups is 2. The first kappa shape index (κ1) is 26.7. The van der Waals surface area contributed by atoms with Gasteiger partial charge in [0.1, 0.15) is 11.5 Å². The van der Waals surface area contributed by atoms with Crippen LogP contribution in [0.2, 0.25) is 0 Å². The minimum absolute atomic E-state index is 0.191. The molecule has 0 fully saturated rings. The molecule has 0 aliphatic heterocycles. The van der Waals surface area contributed by atoms with E-state index in [9.17, 15) is 27.9 Å². The quantitative estimate of drug-likeness (QED) is 0.502. The predicted octanol–water partition coefficient (Wildman–Crippen LogP) is 4.76. The van der Waals surface area contributed by atoms with Crippen LogP contribution in [0.25, 0.3) is 12.2 Å². The van der Waals surface area contributed by atoms with E-state index in [0.717, 1.165) is 0 Å². The van der Waals surface area contributed by atoms with Gasteiger partial charge >= 0.3 is 12.3 Å². The van der Waals surface area contributed by atoms with Crippen LogP contribution in [0.1, 0.15) is 42.3 Å². The molecule has 2 N–H and O–H groups in total. The Morgan fingerprint density at radius 1 is 1.06 bits per heavy atom. The maximum absolute atomic E-state index is 12.7. The van der Waals surface area contributed by atoms with Crippen molar-refractivity contribution in [3.63, 3.8) is 0 Å². The molecule has 1 atom stereocenters. The summed E-state index contributed by atoms with van der Waals surface area (Å²) in [7, 11) is 1.44. The molecule has 0 radical (unpaired) electrons. The largest absolute Gasteiger partial charge is 0.573 e. The number of carbonyl (C=O) groups excluding carboxylic acids is 1. The summed E-state index contributed by atoms with van der Waals surface area (Å²) in [5, 5.41) is 11.8. The Morgan fingerprint density at radius 2 is 1.71 bits per heavy atom. The van der Waals surface area contributed by atoms with Gasteiger partial charge in [-0.25, -0.2) is 4.79 Å². The molecular formula is C24H26F3NO6. The zero-order chi connectivity index (χ0) is 25.5. The van der Waals surface area contributed by atoms with E-state index in [1.807, 2.05) is 0 Å². The number of benzene rings is 2. The number of hydrogen-bond acceptors (Lipinski definition) is 5. The van der Waals surface area contributed by atoms with Crippen LogP contribution in [0.4, 0.5) is 13.2 Å². The molecule has 0 aliphatic rings. The molecule has 0 aromatic heterocycles. The molecule has 34 heavy (non-hydrogen) atoms. The Bertz CT molecular complexity index is 1030. The first-order chi connectivity index (χ1) is 15.8. The molecule has 2 aromatic carbocycles. The van der Waals surface area contributed by atoms with Crippen molar-refractivity contribution in [1.82, 2.24) is 5.32 Å². The number of aliphatic carboxylic acids is 1. The highest BCUT2D eigenvalue weighted by Gasteiger charge is 2.31. The molecule has 0 bridgehead atoms. The van der Waals surface area contributed by atoms with Crippen LogP contribution < -0.4 is 14.8 Å². The molecule has 0 heterocycles. The van der Waals surface area contributed by atoms with Gasteiger partial charge in [-0.15, -0.1) is 13.2 Å². The molecule has 0 spiro atoms. The Morgan fingerprint density at radius 3 is 2.24 bits per heavy atom. The first-order valence-corrected chi connectivity index (χ1v) is 10.2. The number of carboxylic acids is 1. The fourth-order valence-corrected chi connectivity index (χ4v) is 2.72. The summed E-state index contributed by atoms with van der Waals surface area (Å²) in [6, 6.07) is 8.54. The first-order valence-electron chi connectivity index (χ1n) is 10.2. The second-order valence-electron chi connectivity index (χ2n) is 8.19. The fourth-order valence-electron chi connectivity index (χ4n) is 2.72. The molecule has 2 aromatic rings. The molecule has 7 nitrogen and oxygen atoms in total. The maximum atomic E-state index is 12.7. The summed E-state index contributed by atoms with van der Waals surface area (Å²) < 4.78 is 51.5. The van der Waals surface area contributed by atoms with E-state index in [1.54, 1.807) is 39.0 Å². The number of nitrogens with one attached hydrogen (secondary N) is 1. The zero-order valence-corrected chi connectivity index (χ0v) is 19.1. The van der Waals surface area contributed by atoms with Crippen molar-refractivity contribution >= 4 is 24.0 Å². The SMILES string of the molecule is COc1ccc(C(=O)N[C@@H](COC(C)(C)C)C(=O)O)cc1C=Cc1ccc(OC(F)(F)F)cc1. The fraction of sp³-hybridized carbons (Fsp3) is 0.333. The molecule has 0 aliphatic carbocycles. The zero-order valence-electron chi connectivity index (χ0n) is 19.1. The van der Waals surface area contributed by atoms with Crippen LogP contribution in [0.5, 0.6) is 11.5 Å². The van der Waals surface area contributed by atoms with E-state index in [4.69, 9.17) is 9.47 Å². The van der Waals surface area contributed by atoms with Crippen LogP contribution in [-0.4, -0.2) is 48.7 Å². The number of alkyl halides is 3. The standard InChI is InChI=1S/C24H26F3NO6/c1-23(2,3)33-14-19(22(30)31)28-21(29)17-9-12-20(32-4)16(13-17)8-5-15-6-10-18(11-7-15)34-24(25,26)27/h5-13,19H,14H2,1-4H3,(H,28,29)(H,30,31)/t19-/m0/s1. The molecule has 0 saturated carbocycles. The van der Waals surface area contributed by atoms with E-state index < -0.39 is 29.9 Å². The second kappa shape index (κ2) is 11.1. The highest BCUT2D eigenvalue weighted by molar-refractivity contribution is 5.97. The topological polar surface area (TPSA) is 94.1 Å². The average Bonchev–Trinajstić information content (AvgIpc) is 2.73. The number of halogens is 3. The number of methoxy groups -OCH3 is 1. The van der Waals surface area contributed by atoms with Gasteiger partial charge in [0.25, 0.3) is 5.91 Å². The van der Waals surface area contributed by atoms with Crippen molar-refractivity contribution in [1.29, 1.82) is 0 Å². The van der Waals surface area contributed by atoms with Gasteiger partial charge in [0.05, 0.1) is 19.3 Å². The summed E-state index contributed by atoms with van der Waals surface area (Å²) in [5.74, 6) is -1.75. The molecule has 0 saturated heterocycles. The van der Waals surface area contributed by atoms with Crippen molar-refractivity contribution in [2.45, 2.75) is 38.8 Å². The lowest BCUT2D eigenvalue weighted by atomic mass is 10.1. The highest BCUT2D eigenvalue weighted by Crippen LogP contribution is 2.25. The van der Waals surface area contributed by atoms with E-state index >= 15 is 0 Å². The van der Waals surface area contributed by atoms with E-state index in [-0.39, 0.29) is 17.9 Å². The van der Waals surface area contributed by atoms with Gasteiger partial charge in [-0.3, -0.25) is 4.79 Å². The monoisotopic (exact) mass is 481 g/mol. The molecular weight excluding hydrogens is 455 g/mol. The van der Waals surface area contributed by atoms with Gasteiger partial charge in [-0.2, -0.15) is 0 Å². The van der Waals surface area contributed by atoms with Crippen molar-refractivity contribution in [2.24, 2.45) is 0 Å². The number of ether oxygens (including phenoxy) is 3. The number of carboxylic acid groups (broad SMARTS) is 1. The Kier molecular flexibility index (Phi) is 8.69. The molecule has 0 unspecified atom stereocenters. The molecule has 2 rings (SSSR count). The van der Waals surface area contributed by atoms with Crippen molar-refractivity contribution < 1.29 is 42.1 Å². The summed E-state index contributed by atoms with van der Waals surface area (Å²) in [4.78, 5) is 24.2. The van der Waals surface area contributed by atoms with E-state index in [0.29, 0.717) is 16.9 Å². The van der Waals surface area contributed by atoms with Crippen LogP contribution >= 0.6 is 0 Å². The minimum atomic E-state index is -4.77. The van der Waals surface area contributed by atoms with Crippen LogP contribution in [-0.2, 0) is 9.53 Å². The summed E-state index contributed by atoms with van der Waals surface area (Å²) in [6.07, 6.45) is -1.54. The van der Waals surface area contributed by atoms with Gasteiger partial charge in [0.15, 0.2) is 6.04 Å². The molecule has 184 valence electrons. The lowest BCUT2D eigenvalue weighted by molar-refractivity contribution is -0.274. The maximum Gasteiger partial charge on any atom is 0.573 e. The summed E-state index contributed by atoms with van der Waals surface area (Å²) >= 11 is 0. The third-order valence-electron chi connectivity index (χ3n) is 4.35. The Labute approximate surface area is 195 Å². The lowest BCUT2D eigenvalue weighted by Crippen LogP contribution is -2.45. The van der Waals surface area contributed by atoms with Gasteiger partial charge in [-0.1, -0.05) is 24.3 Å². The number of rotatable bonds is 9. The Balaban J connectivity index is 2.18. The third kappa shape index (κ3) is 8.78. The van der Waals surface area contributed by atoms with E-state index in [2.05, 4.69) is 10.1 Å². The van der Waals surface area contributed by atoms with Gasteiger partial charge < -0.3 is 24.6 Å². The van der Waals surface area contributed by atoms with Crippen molar-refractivity contribution in [3.8, 4) is 11.5 Å². The molecule has 1 amide bonds. The molecule has 10 heteroatoms. The summed E-state index contributed by atoms with van der Waals surface area (Å²) in [6.45, 7) is 5.10. The Hall–Kier alpha value is -3.53. The normalized spacial score (nSPS) is 12.9. The van der Waals surface area contributed by atoms with Crippen molar-refractivity contribution in [2.75, 3.05) is 13.7 Å². The highest BCUT2D eigenvalue weighted by atomic mass is 19.4. The van der Waals surface area contributed by atoms with Gasteiger partial charge in [-0.05, 0) is 56.7 Å². The lowest BCUT2D eigenvalue weighted by Gasteiger charge is -2.23. The third-order valence-corrected chi connectivity index (χ3v) is 4.35. The van der Waals surface area contributed by atoms with Gasteiger partial charge in [0, 0.05) is 11.1 Å². The van der Waals surface area contributed by atoms with Crippen molar-refractivity contribution in [3.05, 3.63) is 59.2 Å². The van der Waals surface area contributed by atoms with Crippen LogP contribution in [0, 0.1) is 0 Å². The van der Waals surface area contributed by atoms with Crippen LogP contribution in [0.15, 0.2) is 42.5 Å². The number of amides is 1. The number of hydrogen-bond donors (Lipinski definition) is 2. The minimum Gasteiger partial charge on any atom is -0.496 e.